The van der Waals surface area contributed by atoms with E-state index in [4.69, 9.17) is 9.47 Å². The van der Waals surface area contributed by atoms with Crippen LogP contribution in [0.15, 0.2) is 52.5 Å². The minimum Gasteiger partial charge on any atom is -0.490 e. The van der Waals surface area contributed by atoms with E-state index in [1.165, 1.54) is 11.1 Å². The largest absolute Gasteiger partial charge is 0.490 e. The van der Waals surface area contributed by atoms with Crippen molar-refractivity contribution in [3.8, 4) is 11.5 Å². The van der Waals surface area contributed by atoms with E-state index < -0.39 is 0 Å². The van der Waals surface area contributed by atoms with Crippen molar-refractivity contribution in [3.05, 3.63) is 64.1 Å². The maximum absolute atomic E-state index is 5.70. The number of hydrogen-bond acceptors (Lipinski definition) is 3. The molecule has 0 spiro atoms. The van der Waals surface area contributed by atoms with Crippen LogP contribution < -0.4 is 9.47 Å². The second-order valence-electron chi connectivity index (χ2n) is 5.34. The average molecular weight is 388 g/mol. The molecule has 0 amide bonds. The molecule has 0 fully saturated rings. The van der Waals surface area contributed by atoms with Crippen molar-refractivity contribution in [2.75, 3.05) is 13.2 Å². The fourth-order valence-electron chi connectivity index (χ4n) is 2.23. The number of halogens is 1. The highest BCUT2D eigenvalue weighted by Gasteiger charge is 2.11. The molecule has 0 N–H and O–H groups in total. The highest BCUT2D eigenvalue weighted by atomic mass is 79.9. The minimum absolute atomic E-state index is 0.425. The first kappa shape index (κ1) is 18.3. The average Bonchev–Trinajstić information content (AvgIpc) is 2.56. The molecular weight excluding hydrogens is 366 g/mol. The lowest BCUT2D eigenvalue weighted by molar-refractivity contribution is 0.295. The van der Waals surface area contributed by atoms with Crippen molar-refractivity contribution < 1.29 is 9.47 Å². The first-order valence-electron chi connectivity index (χ1n) is 7.87. The maximum atomic E-state index is 5.70. The van der Waals surface area contributed by atoms with Crippen LogP contribution in [0.1, 0.15) is 23.6 Å². The second kappa shape index (κ2) is 8.69. The summed E-state index contributed by atoms with van der Waals surface area (Å²) in [5.74, 6) is 1.37. The van der Waals surface area contributed by atoms with Crippen molar-refractivity contribution in [3.63, 3.8) is 0 Å². The number of benzene rings is 2. The quantitative estimate of drug-likeness (QED) is 0.445. The normalized spacial score (nSPS) is 10.8. The van der Waals surface area contributed by atoms with Gasteiger partial charge in [-0.1, -0.05) is 24.8 Å². The van der Waals surface area contributed by atoms with E-state index in [2.05, 4.69) is 47.4 Å². The van der Waals surface area contributed by atoms with E-state index in [9.17, 15) is 0 Å². The van der Waals surface area contributed by atoms with Crippen LogP contribution in [0.3, 0.4) is 0 Å². The Balaban J connectivity index is 2.35. The summed E-state index contributed by atoms with van der Waals surface area (Å²) >= 11 is 3.55. The Labute approximate surface area is 152 Å². The van der Waals surface area contributed by atoms with Gasteiger partial charge in [-0.2, -0.15) is 0 Å². The topological polar surface area (TPSA) is 30.8 Å². The molecule has 0 saturated heterocycles. The standard InChI is InChI=1S/C20H22BrNO2/c1-5-10-24-20-17(21)11-16(12-19(20)23-6-2)13-22-18-9-7-8-14(3)15(18)4/h5,7-9,11-13H,1,6,10H2,2-4H3. The molecule has 0 aliphatic carbocycles. The zero-order chi connectivity index (χ0) is 17.5. The number of nitrogens with zero attached hydrogens (tertiary/aromatic N) is 1. The van der Waals surface area contributed by atoms with Gasteiger partial charge in [0.25, 0.3) is 0 Å². The van der Waals surface area contributed by atoms with Crippen LogP contribution in [0.4, 0.5) is 5.69 Å². The minimum atomic E-state index is 0.425. The van der Waals surface area contributed by atoms with E-state index in [0.717, 1.165) is 15.7 Å². The highest BCUT2D eigenvalue weighted by Crippen LogP contribution is 2.36. The van der Waals surface area contributed by atoms with Crippen LogP contribution in [0.25, 0.3) is 0 Å². The molecule has 126 valence electrons. The molecule has 0 unspecified atom stereocenters. The summed E-state index contributed by atoms with van der Waals surface area (Å²) in [5.41, 5.74) is 4.33. The zero-order valence-corrected chi connectivity index (χ0v) is 15.9. The summed E-state index contributed by atoms with van der Waals surface area (Å²) in [6.07, 6.45) is 3.55. The number of aryl methyl sites for hydroxylation is 1. The lowest BCUT2D eigenvalue weighted by Crippen LogP contribution is -2.00. The summed E-state index contributed by atoms with van der Waals surface area (Å²) in [6.45, 7) is 10.8. The molecular formula is C20H22BrNO2. The van der Waals surface area contributed by atoms with Gasteiger partial charge in [0.1, 0.15) is 6.61 Å². The van der Waals surface area contributed by atoms with Crippen LogP contribution >= 0.6 is 15.9 Å². The maximum Gasteiger partial charge on any atom is 0.175 e. The smallest absolute Gasteiger partial charge is 0.175 e. The Morgan fingerprint density at radius 2 is 2.00 bits per heavy atom. The molecule has 0 aromatic heterocycles. The number of ether oxygens (including phenoxy) is 2. The van der Waals surface area contributed by atoms with Gasteiger partial charge in [0.2, 0.25) is 0 Å². The molecule has 0 aliphatic rings. The van der Waals surface area contributed by atoms with Crippen molar-refractivity contribution in [1.29, 1.82) is 0 Å². The van der Waals surface area contributed by atoms with Crippen LogP contribution in [-0.4, -0.2) is 19.4 Å². The van der Waals surface area contributed by atoms with Crippen molar-refractivity contribution in [2.45, 2.75) is 20.8 Å². The Kier molecular flexibility index (Phi) is 6.62. The highest BCUT2D eigenvalue weighted by molar-refractivity contribution is 9.10. The van der Waals surface area contributed by atoms with Crippen molar-refractivity contribution in [1.82, 2.24) is 0 Å². The van der Waals surface area contributed by atoms with Crippen LogP contribution in [0, 0.1) is 13.8 Å². The third-order valence-corrected chi connectivity index (χ3v) is 4.20. The van der Waals surface area contributed by atoms with Crippen molar-refractivity contribution >= 4 is 27.8 Å². The van der Waals surface area contributed by atoms with Gasteiger partial charge in [-0.05, 0) is 71.6 Å². The summed E-state index contributed by atoms with van der Waals surface area (Å²) in [6, 6.07) is 10.0. The van der Waals surface area contributed by atoms with Crippen LogP contribution in [0.5, 0.6) is 11.5 Å². The SMILES string of the molecule is C=CCOc1c(Br)cc(C=Nc2cccc(C)c2C)cc1OCC. The van der Waals surface area contributed by atoms with E-state index in [1.807, 2.05) is 37.4 Å². The lowest BCUT2D eigenvalue weighted by atomic mass is 10.1. The Hall–Kier alpha value is -2.07. The van der Waals surface area contributed by atoms with Gasteiger partial charge in [0, 0.05) is 6.21 Å². The van der Waals surface area contributed by atoms with E-state index in [1.54, 1.807) is 6.08 Å². The van der Waals surface area contributed by atoms with Gasteiger partial charge in [-0.15, -0.1) is 0 Å². The predicted molar refractivity (Wildman–Crippen MR) is 104 cm³/mol. The van der Waals surface area contributed by atoms with E-state index in [0.29, 0.717) is 24.7 Å². The summed E-state index contributed by atoms with van der Waals surface area (Å²) < 4.78 is 12.2. The Morgan fingerprint density at radius 1 is 1.21 bits per heavy atom. The molecule has 0 heterocycles. The molecule has 0 saturated carbocycles. The molecule has 24 heavy (non-hydrogen) atoms. The first-order chi connectivity index (χ1) is 11.6. The second-order valence-corrected chi connectivity index (χ2v) is 6.19. The third kappa shape index (κ3) is 4.48. The molecule has 2 rings (SSSR count). The summed E-state index contributed by atoms with van der Waals surface area (Å²) in [5, 5.41) is 0. The molecule has 0 bridgehead atoms. The Morgan fingerprint density at radius 3 is 2.71 bits per heavy atom. The molecule has 0 aliphatic heterocycles. The van der Waals surface area contributed by atoms with Gasteiger partial charge in [-0.25, -0.2) is 0 Å². The molecule has 0 atom stereocenters. The molecule has 2 aromatic rings. The van der Waals surface area contributed by atoms with Crippen LogP contribution in [0.2, 0.25) is 0 Å². The zero-order valence-electron chi connectivity index (χ0n) is 14.3. The van der Waals surface area contributed by atoms with Gasteiger partial charge in [0.15, 0.2) is 11.5 Å². The van der Waals surface area contributed by atoms with Crippen molar-refractivity contribution in [2.24, 2.45) is 4.99 Å². The molecule has 4 heteroatoms. The van der Waals surface area contributed by atoms with Gasteiger partial charge in [-0.3, -0.25) is 4.99 Å². The molecule has 3 nitrogen and oxygen atoms in total. The monoisotopic (exact) mass is 387 g/mol. The predicted octanol–water partition coefficient (Wildman–Crippen LogP) is 5.78. The van der Waals surface area contributed by atoms with E-state index in [-0.39, 0.29) is 0 Å². The van der Waals surface area contributed by atoms with E-state index >= 15 is 0 Å². The van der Waals surface area contributed by atoms with Crippen LogP contribution in [-0.2, 0) is 0 Å². The summed E-state index contributed by atoms with van der Waals surface area (Å²) in [4.78, 5) is 4.61. The fraction of sp³-hybridized carbons (Fsp3) is 0.250. The number of hydrogen-bond donors (Lipinski definition) is 0. The molecule has 0 radical (unpaired) electrons. The fourth-order valence-corrected chi connectivity index (χ4v) is 2.80. The molecule has 2 aromatic carbocycles. The number of rotatable bonds is 7. The van der Waals surface area contributed by atoms with Gasteiger partial charge < -0.3 is 9.47 Å². The summed E-state index contributed by atoms with van der Waals surface area (Å²) in [7, 11) is 0. The van der Waals surface area contributed by atoms with Gasteiger partial charge >= 0.3 is 0 Å². The first-order valence-corrected chi connectivity index (χ1v) is 8.66. The lowest BCUT2D eigenvalue weighted by Gasteiger charge is -2.13. The third-order valence-electron chi connectivity index (χ3n) is 3.61. The Bertz CT molecular complexity index is 754. The van der Waals surface area contributed by atoms with Gasteiger partial charge in [0.05, 0.1) is 16.8 Å². The number of aliphatic imine (C=N–C) groups is 1.